The Balaban J connectivity index is 1.56. The molecule has 0 radical (unpaired) electrons. The van der Waals surface area contributed by atoms with E-state index in [-0.39, 0.29) is 10.9 Å². The van der Waals surface area contributed by atoms with E-state index >= 15 is 0 Å². The predicted molar refractivity (Wildman–Crippen MR) is 109 cm³/mol. The number of halogens is 4. The van der Waals surface area contributed by atoms with Crippen molar-refractivity contribution in [2.75, 3.05) is 12.4 Å². The van der Waals surface area contributed by atoms with E-state index in [1.807, 2.05) is 12.1 Å². The van der Waals surface area contributed by atoms with Gasteiger partial charge in [0.15, 0.2) is 11.5 Å². The lowest BCUT2D eigenvalue weighted by Crippen LogP contribution is -2.18. The van der Waals surface area contributed by atoms with Gasteiger partial charge in [-0.2, -0.15) is 13.2 Å². The molecule has 0 aliphatic carbocycles. The monoisotopic (exact) mass is 432 g/mol. The van der Waals surface area contributed by atoms with Gasteiger partial charge in [0.2, 0.25) is 0 Å². The van der Waals surface area contributed by atoms with Gasteiger partial charge in [0.25, 0.3) is 5.91 Å². The molecule has 1 aliphatic rings. The summed E-state index contributed by atoms with van der Waals surface area (Å²) in [5.74, 6) is 0.911. The van der Waals surface area contributed by atoms with Gasteiger partial charge in [-0.05, 0) is 60.0 Å². The molecule has 1 amide bonds. The summed E-state index contributed by atoms with van der Waals surface area (Å²) >= 11 is 5.82. The van der Waals surface area contributed by atoms with Crippen LogP contribution in [0.25, 0.3) is 0 Å². The third-order valence-corrected chi connectivity index (χ3v) is 5.06. The Morgan fingerprint density at radius 3 is 2.43 bits per heavy atom. The van der Waals surface area contributed by atoms with Crippen molar-refractivity contribution >= 4 is 28.9 Å². The lowest BCUT2D eigenvalue weighted by atomic mass is 10.0. The average molecular weight is 433 g/mol. The quantitative estimate of drug-likeness (QED) is 0.407. The lowest BCUT2D eigenvalue weighted by Gasteiger charge is -2.23. The van der Waals surface area contributed by atoms with Crippen LogP contribution < -0.4 is 15.4 Å². The van der Waals surface area contributed by atoms with Crippen molar-refractivity contribution in [3.8, 4) is 11.5 Å². The van der Waals surface area contributed by atoms with Gasteiger partial charge in [-0.25, -0.2) is 0 Å². The number of nitrogens with one attached hydrogen (secondary N) is 2. The topological polar surface area (TPSA) is 50.4 Å². The minimum absolute atomic E-state index is 0.210. The number of carbonyl (C=O) groups excluding carboxylic acids is 1. The molecule has 0 fully saturated rings. The smallest absolute Gasteiger partial charge is 0.417 e. The Hall–Kier alpha value is -3.19. The first-order valence-corrected chi connectivity index (χ1v) is 9.42. The second-order valence-electron chi connectivity index (χ2n) is 6.84. The Morgan fingerprint density at radius 2 is 1.73 bits per heavy atom. The Kier molecular flexibility index (Phi) is 5.07. The lowest BCUT2D eigenvalue weighted by molar-refractivity contribution is -0.137. The van der Waals surface area contributed by atoms with Crippen LogP contribution in [0.4, 0.5) is 24.5 Å². The number of hydrogen-bond acceptors (Lipinski definition) is 3. The summed E-state index contributed by atoms with van der Waals surface area (Å²) in [7, 11) is 1.56. The number of carbonyl (C=O) groups is 1. The number of hydrogen-bond donors (Lipinski definition) is 2. The van der Waals surface area contributed by atoms with E-state index in [1.165, 1.54) is 12.1 Å². The highest BCUT2D eigenvalue weighted by atomic mass is 35.5. The SMILES string of the molecule is CNC(=O)c1ccc2c(c1)Oc1ccc(Cc3ccc(C(F)(F)F)c(Cl)c3)cc1N2. The summed E-state index contributed by atoms with van der Waals surface area (Å²) in [5, 5.41) is 5.51. The molecular formula is C22H16ClF3N2O2. The van der Waals surface area contributed by atoms with E-state index in [1.54, 1.807) is 31.3 Å². The molecule has 2 N–H and O–H groups in total. The normalized spacial score (nSPS) is 12.3. The summed E-state index contributed by atoms with van der Waals surface area (Å²) in [6.45, 7) is 0. The van der Waals surface area contributed by atoms with Crippen molar-refractivity contribution in [1.82, 2.24) is 5.32 Å². The highest BCUT2D eigenvalue weighted by Gasteiger charge is 2.33. The molecule has 0 atom stereocenters. The molecule has 0 saturated carbocycles. The maximum atomic E-state index is 12.9. The van der Waals surface area contributed by atoms with Gasteiger partial charge in [-0.15, -0.1) is 0 Å². The number of anilines is 2. The van der Waals surface area contributed by atoms with E-state index in [4.69, 9.17) is 16.3 Å². The molecular weight excluding hydrogens is 417 g/mol. The van der Waals surface area contributed by atoms with Crippen LogP contribution in [0, 0.1) is 0 Å². The molecule has 4 nitrogen and oxygen atoms in total. The van der Waals surface area contributed by atoms with Gasteiger partial charge in [0.05, 0.1) is 22.0 Å². The third kappa shape index (κ3) is 3.93. The van der Waals surface area contributed by atoms with Crippen molar-refractivity contribution in [2.24, 2.45) is 0 Å². The van der Waals surface area contributed by atoms with Crippen LogP contribution in [0.15, 0.2) is 54.6 Å². The van der Waals surface area contributed by atoms with Crippen LogP contribution in [-0.4, -0.2) is 13.0 Å². The Morgan fingerprint density at radius 1 is 1.00 bits per heavy atom. The zero-order valence-corrected chi connectivity index (χ0v) is 16.5. The molecule has 0 saturated heterocycles. The number of fused-ring (bicyclic) bond motifs is 2. The molecule has 8 heteroatoms. The standard InChI is InChI=1S/C22H16ClF3N2O2/c1-27-21(29)14-4-6-17-20(11-14)30-19-7-3-13(10-18(19)28-17)8-12-2-5-15(16(23)9-12)22(24,25)26/h2-7,9-11,28H,8H2,1H3,(H,27,29). The molecule has 3 aromatic carbocycles. The highest BCUT2D eigenvalue weighted by molar-refractivity contribution is 6.31. The molecule has 0 spiro atoms. The second-order valence-corrected chi connectivity index (χ2v) is 7.24. The van der Waals surface area contributed by atoms with Gasteiger partial charge in [0.1, 0.15) is 0 Å². The number of alkyl halides is 3. The summed E-state index contributed by atoms with van der Waals surface area (Å²) in [6, 6.07) is 14.3. The zero-order valence-electron chi connectivity index (χ0n) is 15.7. The van der Waals surface area contributed by atoms with E-state index in [0.29, 0.717) is 34.7 Å². The predicted octanol–water partition coefficient (Wildman–Crippen LogP) is 6.16. The van der Waals surface area contributed by atoms with Gasteiger partial charge >= 0.3 is 6.18 Å². The highest BCUT2D eigenvalue weighted by Crippen LogP contribution is 2.43. The second kappa shape index (κ2) is 7.57. The van der Waals surface area contributed by atoms with Gasteiger partial charge in [-0.3, -0.25) is 4.79 Å². The molecule has 0 aromatic heterocycles. The van der Waals surface area contributed by atoms with Crippen LogP contribution in [0.3, 0.4) is 0 Å². The number of ether oxygens (including phenoxy) is 1. The molecule has 154 valence electrons. The fourth-order valence-electron chi connectivity index (χ4n) is 3.27. The number of rotatable bonds is 3. The summed E-state index contributed by atoms with van der Waals surface area (Å²) in [6.07, 6.45) is -4.07. The molecule has 3 aromatic rings. The summed E-state index contributed by atoms with van der Waals surface area (Å²) in [5.41, 5.74) is 2.63. The van der Waals surface area contributed by atoms with Crippen molar-refractivity contribution in [1.29, 1.82) is 0 Å². The van der Waals surface area contributed by atoms with Gasteiger partial charge in [0, 0.05) is 12.6 Å². The molecule has 1 aliphatic heterocycles. The largest absolute Gasteiger partial charge is 0.453 e. The maximum Gasteiger partial charge on any atom is 0.417 e. The van der Waals surface area contributed by atoms with Crippen LogP contribution >= 0.6 is 11.6 Å². The molecule has 0 bridgehead atoms. The van der Waals surface area contributed by atoms with Gasteiger partial charge < -0.3 is 15.4 Å². The van der Waals surface area contributed by atoms with Crippen molar-refractivity contribution < 1.29 is 22.7 Å². The first-order chi connectivity index (χ1) is 14.2. The maximum absolute atomic E-state index is 12.9. The Labute approximate surface area is 175 Å². The van der Waals surface area contributed by atoms with E-state index in [9.17, 15) is 18.0 Å². The van der Waals surface area contributed by atoms with E-state index in [2.05, 4.69) is 10.6 Å². The molecule has 4 rings (SSSR count). The minimum atomic E-state index is -4.48. The Bertz CT molecular complexity index is 1150. The van der Waals surface area contributed by atoms with Crippen molar-refractivity contribution in [2.45, 2.75) is 12.6 Å². The van der Waals surface area contributed by atoms with Crippen molar-refractivity contribution in [3.63, 3.8) is 0 Å². The van der Waals surface area contributed by atoms with E-state index in [0.717, 1.165) is 17.3 Å². The molecule has 1 heterocycles. The van der Waals surface area contributed by atoms with Crippen LogP contribution in [0.1, 0.15) is 27.0 Å². The molecule has 0 unspecified atom stereocenters. The van der Waals surface area contributed by atoms with Crippen molar-refractivity contribution in [3.05, 3.63) is 81.9 Å². The van der Waals surface area contributed by atoms with Gasteiger partial charge in [-0.1, -0.05) is 23.7 Å². The average Bonchev–Trinajstić information content (AvgIpc) is 2.70. The third-order valence-electron chi connectivity index (χ3n) is 4.75. The molecule has 30 heavy (non-hydrogen) atoms. The fraction of sp³-hybridized carbons (Fsp3) is 0.136. The summed E-state index contributed by atoms with van der Waals surface area (Å²) < 4.78 is 44.5. The first-order valence-electron chi connectivity index (χ1n) is 9.04. The van der Waals surface area contributed by atoms with Crippen LogP contribution in [0.5, 0.6) is 11.5 Å². The van der Waals surface area contributed by atoms with Crippen LogP contribution in [-0.2, 0) is 12.6 Å². The fourth-order valence-corrected chi connectivity index (χ4v) is 3.58. The number of benzene rings is 3. The zero-order chi connectivity index (χ0) is 21.5. The summed E-state index contributed by atoms with van der Waals surface area (Å²) in [4.78, 5) is 11.8. The van der Waals surface area contributed by atoms with Crippen LogP contribution in [0.2, 0.25) is 5.02 Å². The van der Waals surface area contributed by atoms with E-state index < -0.39 is 11.7 Å². The first kappa shape index (κ1) is 20.1. The minimum Gasteiger partial charge on any atom is -0.453 e. The number of amides is 1.